The SMILES string of the molecule is CCc1c(C(=O)Nc2ccc(Cn3cncn3)cc2)cnn1Cc1ccccc1. The van der Waals surface area contributed by atoms with Gasteiger partial charge in [-0.15, -0.1) is 0 Å². The molecule has 29 heavy (non-hydrogen) atoms. The zero-order valence-corrected chi connectivity index (χ0v) is 16.2. The minimum atomic E-state index is -0.148. The molecular formula is C22H22N6O. The maximum Gasteiger partial charge on any atom is 0.259 e. The average Bonchev–Trinajstić information content (AvgIpc) is 3.40. The molecule has 0 aliphatic rings. The van der Waals surface area contributed by atoms with Crippen molar-refractivity contribution in [2.24, 2.45) is 0 Å². The molecule has 1 amide bonds. The van der Waals surface area contributed by atoms with Crippen LogP contribution in [0.2, 0.25) is 0 Å². The summed E-state index contributed by atoms with van der Waals surface area (Å²) in [5.74, 6) is -0.148. The van der Waals surface area contributed by atoms with Crippen LogP contribution in [-0.2, 0) is 19.5 Å². The van der Waals surface area contributed by atoms with Gasteiger partial charge in [0, 0.05) is 5.69 Å². The second-order valence-electron chi connectivity index (χ2n) is 6.75. The molecule has 1 N–H and O–H groups in total. The van der Waals surface area contributed by atoms with Gasteiger partial charge in [-0.1, -0.05) is 49.4 Å². The van der Waals surface area contributed by atoms with Crippen molar-refractivity contribution in [3.8, 4) is 0 Å². The van der Waals surface area contributed by atoms with Crippen molar-refractivity contribution in [3.63, 3.8) is 0 Å². The summed E-state index contributed by atoms with van der Waals surface area (Å²) >= 11 is 0. The van der Waals surface area contributed by atoms with E-state index in [0.29, 0.717) is 18.7 Å². The first-order chi connectivity index (χ1) is 14.2. The van der Waals surface area contributed by atoms with Gasteiger partial charge in [0.2, 0.25) is 0 Å². The molecule has 2 aromatic carbocycles. The predicted molar refractivity (Wildman–Crippen MR) is 111 cm³/mol. The number of hydrogen-bond acceptors (Lipinski definition) is 4. The molecule has 0 aliphatic heterocycles. The first-order valence-electron chi connectivity index (χ1n) is 9.54. The highest BCUT2D eigenvalue weighted by Crippen LogP contribution is 2.16. The van der Waals surface area contributed by atoms with Gasteiger partial charge >= 0.3 is 0 Å². The van der Waals surface area contributed by atoms with Gasteiger partial charge in [0.05, 0.1) is 30.5 Å². The van der Waals surface area contributed by atoms with E-state index in [1.807, 2.05) is 54.1 Å². The van der Waals surface area contributed by atoms with Crippen LogP contribution in [0.1, 0.15) is 34.1 Å². The van der Waals surface area contributed by atoms with Crippen LogP contribution in [0, 0.1) is 0 Å². The molecule has 0 saturated heterocycles. The molecule has 4 rings (SSSR count). The number of carbonyl (C=O) groups is 1. The molecule has 7 nitrogen and oxygen atoms in total. The van der Waals surface area contributed by atoms with Gasteiger partial charge in [-0.2, -0.15) is 10.2 Å². The number of carbonyl (C=O) groups excluding carboxylic acids is 1. The highest BCUT2D eigenvalue weighted by molar-refractivity contribution is 6.04. The Morgan fingerprint density at radius 1 is 0.966 bits per heavy atom. The Morgan fingerprint density at radius 2 is 1.72 bits per heavy atom. The summed E-state index contributed by atoms with van der Waals surface area (Å²) in [5.41, 5.74) is 4.51. The standard InChI is InChI=1S/C22H22N6O/c1-2-21-20(12-24-28(21)14-17-6-4-3-5-7-17)22(29)26-19-10-8-18(9-11-19)13-27-16-23-15-25-27/h3-12,15-16H,2,13-14H2,1H3,(H,26,29). The third-order valence-electron chi connectivity index (χ3n) is 4.73. The van der Waals surface area contributed by atoms with E-state index >= 15 is 0 Å². The van der Waals surface area contributed by atoms with E-state index in [9.17, 15) is 4.79 Å². The van der Waals surface area contributed by atoms with Crippen LogP contribution in [-0.4, -0.2) is 30.5 Å². The zero-order valence-electron chi connectivity index (χ0n) is 16.2. The van der Waals surface area contributed by atoms with Gasteiger partial charge in [-0.25, -0.2) is 9.67 Å². The summed E-state index contributed by atoms with van der Waals surface area (Å²) in [5, 5.41) is 11.5. The molecule has 0 spiro atoms. The smallest absolute Gasteiger partial charge is 0.259 e. The third-order valence-corrected chi connectivity index (χ3v) is 4.73. The van der Waals surface area contributed by atoms with E-state index in [1.165, 1.54) is 6.33 Å². The van der Waals surface area contributed by atoms with Gasteiger partial charge in [-0.3, -0.25) is 9.48 Å². The number of nitrogens with zero attached hydrogens (tertiary/aromatic N) is 5. The number of aromatic nitrogens is 5. The Balaban J connectivity index is 1.45. The fraction of sp³-hybridized carbons (Fsp3) is 0.182. The van der Waals surface area contributed by atoms with Crippen molar-refractivity contribution in [2.75, 3.05) is 5.32 Å². The summed E-state index contributed by atoms with van der Waals surface area (Å²) < 4.78 is 3.65. The minimum absolute atomic E-state index is 0.148. The quantitative estimate of drug-likeness (QED) is 0.528. The zero-order chi connectivity index (χ0) is 20.1. The van der Waals surface area contributed by atoms with E-state index in [-0.39, 0.29) is 5.91 Å². The van der Waals surface area contributed by atoms with Crippen LogP contribution in [0.3, 0.4) is 0 Å². The Morgan fingerprint density at radius 3 is 2.41 bits per heavy atom. The van der Waals surface area contributed by atoms with Crippen LogP contribution in [0.5, 0.6) is 0 Å². The highest BCUT2D eigenvalue weighted by atomic mass is 16.1. The molecule has 0 aliphatic carbocycles. The number of anilines is 1. The summed E-state index contributed by atoms with van der Waals surface area (Å²) in [6, 6.07) is 17.8. The van der Waals surface area contributed by atoms with E-state index < -0.39 is 0 Å². The normalized spacial score (nSPS) is 10.8. The lowest BCUT2D eigenvalue weighted by Gasteiger charge is -2.09. The van der Waals surface area contributed by atoms with E-state index in [2.05, 4.69) is 32.6 Å². The summed E-state index contributed by atoms with van der Waals surface area (Å²) in [4.78, 5) is 16.8. The molecule has 146 valence electrons. The number of amides is 1. The molecule has 0 unspecified atom stereocenters. The lowest BCUT2D eigenvalue weighted by molar-refractivity contribution is 0.102. The van der Waals surface area contributed by atoms with Gasteiger partial charge in [0.15, 0.2) is 0 Å². The third kappa shape index (κ3) is 4.40. The van der Waals surface area contributed by atoms with Crippen LogP contribution >= 0.6 is 0 Å². The average molecular weight is 386 g/mol. The van der Waals surface area contributed by atoms with Crippen molar-refractivity contribution in [3.05, 3.63) is 95.8 Å². The highest BCUT2D eigenvalue weighted by Gasteiger charge is 2.16. The van der Waals surface area contributed by atoms with Crippen LogP contribution in [0.25, 0.3) is 0 Å². The lowest BCUT2D eigenvalue weighted by Crippen LogP contribution is -2.15. The molecule has 0 saturated carbocycles. The van der Waals surface area contributed by atoms with Gasteiger partial charge < -0.3 is 5.32 Å². The first-order valence-corrected chi connectivity index (χ1v) is 9.54. The number of hydrogen-bond donors (Lipinski definition) is 1. The summed E-state index contributed by atoms with van der Waals surface area (Å²) in [7, 11) is 0. The van der Waals surface area contributed by atoms with Gasteiger partial charge in [0.25, 0.3) is 5.91 Å². The van der Waals surface area contributed by atoms with E-state index in [4.69, 9.17) is 0 Å². The molecular weight excluding hydrogens is 364 g/mol. The Kier molecular flexibility index (Phi) is 5.47. The summed E-state index contributed by atoms with van der Waals surface area (Å²) in [6.45, 7) is 3.32. The van der Waals surface area contributed by atoms with E-state index in [1.54, 1.807) is 17.2 Å². The number of benzene rings is 2. The second-order valence-corrected chi connectivity index (χ2v) is 6.75. The van der Waals surface area contributed by atoms with Crippen molar-refractivity contribution in [2.45, 2.75) is 26.4 Å². The van der Waals surface area contributed by atoms with E-state index in [0.717, 1.165) is 28.9 Å². The minimum Gasteiger partial charge on any atom is -0.322 e. The summed E-state index contributed by atoms with van der Waals surface area (Å²) in [6.07, 6.45) is 5.57. The van der Waals surface area contributed by atoms with Crippen LogP contribution in [0.15, 0.2) is 73.4 Å². The lowest BCUT2D eigenvalue weighted by atomic mass is 10.1. The number of rotatable bonds is 7. The topological polar surface area (TPSA) is 77.6 Å². The monoisotopic (exact) mass is 386 g/mol. The maximum absolute atomic E-state index is 12.8. The van der Waals surface area contributed by atoms with Crippen molar-refractivity contribution in [1.29, 1.82) is 0 Å². The fourth-order valence-corrected chi connectivity index (χ4v) is 3.26. The molecule has 7 heteroatoms. The Hall–Kier alpha value is -3.74. The van der Waals surface area contributed by atoms with Crippen LogP contribution < -0.4 is 5.32 Å². The van der Waals surface area contributed by atoms with Gasteiger partial charge in [0.1, 0.15) is 12.7 Å². The molecule has 2 heterocycles. The maximum atomic E-state index is 12.8. The Labute approximate surface area is 169 Å². The van der Waals surface area contributed by atoms with Crippen molar-refractivity contribution >= 4 is 11.6 Å². The predicted octanol–water partition coefficient (Wildman–Crippen LogP) is 3.39. The molecule has 0 atom stereocenters. The van der Waals surface area contributed by atoms with Crippen molar-refractivity contribution in [1.82, 2.24) is 24.5 Å². The molecule has 4 aromatic rings. The van der Waals surface area contributed by atoms with Crippen LogP contribution in [0.4, 0.5) is 5.69 Å². The molecule has 0 bridgehead atoms. The van der Waals surface area contributed by atoms with Crippen molar-refractivity contribution < 1.29 is 4.79 Å². The number of nitrogens with one attached hydrogen (secondary N) is 1. The molecule has 2 aromatic heterocycles. The van der Waals surface area contributed by atoms with Gasteiger partial charge in [-0.05, 0) is 29.7 Å². The molecule has 0 radical (unpaired) electrons. The first kappa shape index (κ1) is 18.6. The fourth-order valence-electron chi connectivity index (χ4n) is 3.26. The Bertz CT molecular complexity index is 1070. The largest absolute Gasteiger partial charge is 0.322 e. The molecule has 0 fully saturated rings. The second kappa shape index (κ2) is 8.52.